The zero-order valence-corrected chi connectivity index (χ0v) is 18.3. The van der Waals surface area contributed by atoms with E-state index in [1.807, 2.05) is 49.4 Å². The van der Waals surface area contributed by atoms with E-state index in [0.717, 1.165) is 16.9 Å². The Bertz CT molecular complexity index is 1470. The lowest BCUT2D eigenvalue weighted by Crippen LogP contribution is -2.21. The fraction of sp³-hybridized carbons (Fsp3) is 0.182. The summed E-state index contributed by atoms with van der Waals surface area (Å²) < 4.78 is 13.7. The minimum Gasteiger partial charge on any atom is -0.494 e. The van der Waals surface area contributed by atoms with Crippen LogP contribution in [-0.2, 0) is 13.1 Å². The van der Waals surface area contributed by atoms with Crippen molar-refractivity contribution in [1.82, 2.24) is 34.7 Å². The molecule has 10 nitrogen and oxygen atoms in total. The molecule has 2 aromatic carbocycles. The number of rotatable bonds is 7. The summed E-state index contributed by atoms with van der Waals surface area (Å²) in [5.41, 5.74) is 1.90. The molecule has 0 saturated carbocycles. The smallest absolute Gasteiger partial charge is 0.283 e. The molecule has 33 heavy (non-hydrogen) atoms. The van der Waals surface area contributed by atoms with Gasteiger partial charge >= 0.3 is 0 Å². The van der Waals surface area contributed by atoms with E-state index in [9.17, 15) is 4.79 Å². The van der Waals surface area contributed by atoms with Gasteiger partial charge in [0.1, 0.15) is 18.6 Å². The highest BCUT2D eigenvalue weighted by Gasteiger charge is 2.15. The fourth-order valence-corrected chi connectivity index (χ4v) is 3.58. The monoisotopic (exact) mass is 463 g/mol. The van der Waals surface area contributed by atoms with Gasteiger partial charge in [0.25, 0.3) is 5.56 Å². The number of nitrogens with zero attached hydrogens (tertiary/aromatic N) is 7. The summed E-state index contributed by atoms with van der Waals surface area (Å²) in [6, 6.07) is 14.7. The molecule has 0 bridgehead atoms. The Morgan fingerprint density at radius 3 is 2.76 bits per heavy atom. The van der Waals surface area contributed by atoms with E-state index in [4.69, 9.17) is 20.9 Å². The van der Waals surface area contributed by atoms with E-state index in [1.54, 1.807) is 10.7 Å². The number of fused-ring (bicyclic) bond motifs is 1. The molecule has 0 unspecified atom stereocenters. The summed E-state index contributed by atoms with van der Waals surface area (Å²) >= 11 is 6.05. The first-order valence-electron chi connectivity index (χ1n) is 10.2. The molecule has 0 amide bonds. The van der Waals surface area contributed by atoms with Crippen LogP contribution in [0.25, 0.3) is 22.6 Å². The van der Waals surface area contributed by atoms with Crippen LogP contribution in [-0.4, -0.2) is 41.3 Å². The number of benzene rings is 2. The van der Waals surface area contributed by atoms with Crippen LogP contribution in [0.15, 0.2) is 64.2 Å². The second kappa shape index (κ2) is 8.83. The predicted octanol–water partition coefficient (Wildman–Crippen LogP) is 3.19. The van der Waals surface area contributed by atoms with Gasteiger partial charge in [-0.05, 0) is 48.9 Å². The topological polar surface area (TPSA) is 114 Å². The van der Waals surface area contributed by atoms with Gasteiger partial charge in [-0.3, -0.25) is 9.36 Å². The molecule has 0 radical (unpaired) electrons. The molecule has 0 saturated heterocycles. The first kappa shape index (κ1) is 20.8. The van der Waals surface area contributed by atoms with Crippen molar-refractivity contribution in [1.29, 1.82) is 0 Å². The average molecular weight is 464 g/mol. The van der Waals surface area contributed by atoms with Crippen molar-refractivity contribution >= 4 is 22.8 Å². The third-order valence-electron chi connectivity index (χ3n) is 4.91. The number of aromatic nitrogens is 7. The van der Waals surface area contributed by atoms with Gasteiger partial charge in [0.05, 0.1) is 13.2 Å². The summed E-state index contributed by atoms with van der Waals surface area (Å²) in [5, 5.41) is 12.7. The SMILES string of the molecule is CCOc1ccc(-c2noc(Cn3cnc4c(nnn4Cc4cccc(Cl)c4)c3=O)n2)cc1. The quantitative estimate of drug-likeness (QED) is 0.361. The highest BCUT2D eigenvalue weighted by Crippen LogP contribution is 2.20. The highest BCUT2D eigenvalue weighted by atomic mass is 35.5. The largest absolute Gasteiger partial charge is 0.494 e. The zero-order chi connectivity index (χ0) is 22.8. The Labute approximate surface area is 192 Å². The standard InChI is InChI=1S/C22H18ClN7O3/c1-2-32-17-8-6-15(7-9-17)20-25-18(33-27-20)12-29-13-24-21-19(22(29)31)26-28-30(21)11-14-4-3-5-16(23)10-14/h3-10,13H,2,11-12H2,1H3. The van der Waals surface area contributed by atoms with Crippen LogP contribution < -0.4 is 10.3 Å². The average Bonchev–Trinajstić information content (AvgIpc) is 3.44. The van der Waals surface area contributed by atoms with Crippen molar-refractivity contribution in [3.63, 3.8) is 0 Å². The second-order valence-electron chi connectivity index (χ2n) is 7.20. The molecule has 0 N–H and O–H groups in total. The number of ether oxygens (including phenoxy) is 1. The number of hydrogen-bond acceptors (Lipinski definition) is 8. The van der Waals surface area contributed by atoms with Gasteiger partial charge in [0.15, 0.2) is 11.2 Å². The Hall–Kier alpha value is -4.05. The second-order valence-corrected chi connectivity index (χ2v) is 7.63. The van der Waals surface area contributed by atoms with E-state index in [1.165, 1.54) is 10.9 Å². The maximum atomic E-state index is 12.9. The Morgan fingerprint density at radius 1 is 1.12 bits per heavy atom. The molecule has 166 valence electrons. The molecule has 3 heterocycles. The number of hydrogen-bond donors (Lipinski definition) is 0. The van der Waals surface area contributed by atoms with Crippen LogP contribution in [0.2, 0.25) is 5.02 Å². The molecule has 5 aromatic rings. The molecule has 5 rings (SSSR count). The van der Waals surface area contributed by atoms with Gasteiger partial charge in [-0.2, -0.15) is 4.98 Å². The minimum atomic E-state index is -0.349. The van der Waals surface area contributed by atoms with Crippen LogP contribution in [0.4, 0.5) is 0 Å². The van der Waals surface area contributed by atoms with Gasteiger partial charge in [-0.1, -0.05) is 34.1 Å². The summed E-state index contributed by atoms with van der Waals surface area (Å²) in [4.78, 5) is 21.7. The molecule has 0 aliphatic carbocycles. The van der Waals surface area contributed by atoms with Gasteiger partial charge in [0.2, 0.25) is 11.7 Å². The first-order valence-corrected chi connectivity index (χ1v) is 10.6. The molecule has 11 heteroatoms. The first-order chi connectivity index (χ1) is 16.1. The van der Waals surface area contributed by atoms with E-state index >= 15 is 0 Å². The van der Waals surface area contributed by atoms with Crippen LogP contribution >= 0.6 is 11.6 Å². The maximum absolute atomic E-state index is 12.9. The summed E-state index contributed by atoms with van der Waals surface area (Å²) in [7, 11) is 0. The summed E-state index contributed by atoms with van der Waals surface area (Å²) in [5.74, 6) is 1.45. The Balaban J connectivity index is 1.37. The van der Waals surface area contributed by atoms with Crippen LogP contribution in [0.3, 0.4) is 0 Å². The van der Waals surface area contributed by atoms with Crippen molar-refractivity contribution in [2.75, 3.05) is 6.61 Å². The highest BCUT2D eigenvalue weighted by molar-refractivity contribution is 6.30. The lowest BCUT2D eigenvalue weighted by molar-refractivity contribution is 0.340. The van der Waals surface area contributed by atoms with Crippen molar-refractivity contribution < 1.29 is 9.26 Å². The van der Waals surface area contributed by atoms with E-state index < -0.39 is 0 Å². The lowest BCUT2D eigenvalue weighted by Gasteiger charge is -2.04. The van der Waals surface area contributed by atoms with E-state index in [0.29, 0.717) is 29.6 Å². The molecule has 0 spiro atoms. The molecule has 0 fully saturated rings. The molecular weight excluding hydrogens is 446 g/mol. The van der Waals surface area contributed by atoms with Gasteiger partial charge in [0, 0.05) is 10.6 Å². The lowest BCUT2D eigenvalue weighted by atomic mass is 10.2. The molecule has 0 atom stereocenters. The van der Waals surface area contributed by atoms with Crippen LogP contribution in [0, 0.1) is 0 Å². The van der Waals surface area contributed by atoms with Crippen molar-refractivity contribution in [2.45, 2.75) is 20.0 Å². The Kier molecular flexibility index (Phi) is 5.57. The van der Waals surface area contributed by atoms with E-state index in [-0.39, 0.29) is 23.5 Å². The minimum absolute atomic E-state index is 0.0625. The Morgan fingerprint density at radius 2 is 1.97 bits per heavy atom. The third-order valence-corrected chi connectivity index (χ3v) is 5.15. The molecule has 0 aliphatic rings. The van der Waals surface area contributed by atoms with Gasteiger partial charge in [-0.15, -0.1) is 5.10 Å². The fourth-order valence-electron chi connectivity index (χ4n) is 3.36. The normalized spacial score (nSPS) is 11.2. The maximum Gasteiger partial charge on any atom is 0.283 e. The molecule has 0 aliphatic heterocycles. The predicted molar refractivity (Wildman–Crippen MR) is 120 cm³/mol. The number of halogens is 1. The zero-order valence-electron chi connectivity index (χ0n) is 17.6. The summed E-state index contributed by atoms with van der Waals surface area (Å²) in [6.07, 6.45) is 1.42. The van der Waals surface area contributed by atoms with Crippen molar-refractivity contribution in [3.8, 4) is 17.1 Å². The molecular formula is C22H18ClN7O3. The summed E-state index contributed by atoms with van der Waals surface area (Å²) in [6.45, 7) is 2.97. The van der Waals surface area contributed by atoms with Crippen LogP contribution in [0.1, 0.15) is 18.4 Å². The van der Waals surface area contributed by atoms with Crippen LogP contribution in [0.5, 0.6) is 5.75 Å². The van der Waals surface area contributed by atoms with E-state index in [2.05, 4.69) is 25.4 Å². The van der Waals surface area contributed by atoms with Crippen molar-refractivity contribution in [3.05, 3.63) is 81.7 Å². The molecule has 3 aromatic heterocycles. The van der Waals surface area contributed by atoms with Gasteiger partial charge in [-0.25, -0.2) is 9.67 Å². The van der Waals surface area contributed by atoms with Crippen molar-refractivity contribution in [2.24, 2.45) is 0 Å². The van der Waals surface area contributed by atoms with Gasteiger partial charge < -0.3 is 9.26 Å². The third kappa shape index (κ3) is 4.33.